The summed E-state index contributed by atoms with van der Waals surface area (Å²) in [7, 11) is 0. The van der Waals surface area contributed by atoms with Crippen LogP contribution in [0.4, 0.5) is 0 Å². The Morgan fingerprint density at radius 1 is 1.67 bits per heavy atom. The topological polar surface area (TPSA) is 46.3 Å². The minimum Gasteiger partial charge on any atom is -0.338 e. The number of nitrogens with zero attached hydrogens (tertiary/aromatic N) is 1. The fraction of sp³-hybridized carbons (Fsp3) is 0.750. The molecule has 2 N–H and O–H groups in total. The van der Waals surface area contributed by atoms with E-state index in [1.807, 2.05) is 4.90 Å². The van der Waals surface area contributed by atoms with Crippen molar-refractivity contribution in [3.05, 3.63) is 12.7 Å². The lowest BCUT2D eigenvalue weighted by Gasteiger charge is -2.25. The molecule has 0 spiro atoms. The highest BCUT2D eigenvalue weighted by atomic mass is 16.2. The van der Waals surface area contributed by atoms with Crippen molar-refractivity contribution in [2.45, 2.75) is 51.1 Å². The van der Waals surface area contributed by atoms with Gasteiger partial charge in [0.2, 0.25) is 5.91 Å². The second kappa shape index (κ2) is 5.91. The highest BCUT2D eigenvalue weighted by Crippen LogP contribution is 2.27. The summed E-state index contributed by atoms with van der Waals surface area (Å²) in [4.78, 5) is 13.9. The Labute approximate surface area is 92.3 Å². The summed E-state index contributed by atoms with van der Waals surface area (Å²) >= 11 is 0. The SMILES string of the molecule is C=CCC(N)C(=O)N(CCCC)C1CC1. The number of amides is 1. The molecule has 1 saturated carbocycles. The van der Waals surface area contributed by atoms with Crippen LogP contribution >= 0.6 is 0 Å². The number of rotatable bonds is 7. The van der Waals surface area contributed by atoms with E-state index in [-0.39, 0.29) is 11.9 Å². The smallest absolute Gasteiger partial charge is 0.240 e. The van der Waals surface area contributed by atoms with Crippen LogP contribution in [0.1, 0.15) is 39.0 Å². The monoisotopic (exact) mass is 210 g/mol. The van der Waals surface area contributed by atoms with E-state index in [0.29, 0.717) is 12.5 Å². The summed E-state index contributed by atoms with van der Waals surface area (Å²) in [6.07, 6.45) is 6.78. The standard InChI is InChI=1S/C12H22N2O/c1-3-5-9-14(10-7-8-10)12(15)11(13)6-4-2/h4,10-11H,2-3,5-9,13H2,1H3. The van der Waals surface area contributed by atoms with E-state index in [1.165, 1.54) is 0 Å². The van der Waals surface area contributed by atoms with Crippen LogP contribution in [-0.4, -0.2) is 29.4 Å². The molecule has 0 saturated heterocycles. The minimum absolute atomic E-state index is 0.103. The Bertz CT molecular complexity index is 224. The van der Waals surface area contributed by atoms with E-state index in [0.717, 1.165) is 32.2 Å². The van der Waals surface area contributed by atoms with Gasteiger partial charge in [-0.1, -0.05) is 19.4 Å². The second-order valence-corrected chi connectivity index (χ2v) is 4.25. The number of nitrogens with two attached hydrogens (primary N) is 1. The van der Waals surface area contributed by atoms with Gasteiger partial charge in [-0.2, -0.15) is 0 Å². The summed E-state index contributed by atoms with van der Waals surface area (Å²) in [6, 6.07) is 0.0832. The maximum Gasteiger partial charge on any atom is 0.240 e. The number of carbonyl (C=O) groups excluding carboxylic acids is 1. The molecule has 1 amide bonds. The number of unbranched alkanes of at least 4 members (excludes halogenated alkanes) is 1. The normalized spacial score (nSPS) is 17.2. The maximum atomic E-state index is 12.0. The van der Waals surface area contributed by atoms with Crippen molar-refractivity contribution in [2.24, 2.45) is 5.73 Å². The van der Waals surface area contributed by atoms with E-state index in [4.69, 9.17) is 5.73 Å². The van der Waals surface area contributed by atoms with Crippen LogP contribution < -0.4 is 5.73 Å². The molecule has 15 heavy (non-hydrogen) atoms. The van der Waals surface area contributed by atoms with Gasteiger partial charge in [-0.15, -0.1) is 6.58 Å². The van der Waals surface area contributed by atoms with Crippen LogP contribution in [0.25, 0.3) is 0 Å². The molecule has 1 rings (SSSR count). The summed E-state index contributed by atoms with van der Waals surface area (Å²) in [5.41, 5.74) is 5.80. The van der Waals surface area contributed by atoms with Gasteiger partial charge >= 0.3 is 0 Å². The minimum atomic E-state index is -0.389. The van der Waals surface area contributed by atoms with Gasteiger partial charge in [-0.25, -0.2) is 0 Å². The number of hydrogen-bond acceptors (Lipinski definition) is 2. The summed E-state index contributed by atoms with van der Waals surface area (Å²) < 4.78 is 0. The Balaban J connectivity index is 2.46. The lowest BCUT2D eigenvalue weighted by atomic mass is 10.2. The molecule has 0 radical (unpaired) electrons. The molecule has 0 aromatic rings. The second-order valence-electron chi connectivity index (χ2n) is 4.25. The van der Waals surface area contributed by atoms with Gasteiger partial charge in [0.25, 0.3) is 0 Å². The van der Waals surface area contributed by atoms with Crippen LogP contribution in [-0.2, 0) is 4.79 Å². The molecule has 1 unspecified atom stereocenters. The van der Waals surface area contributed by atoms with E-state index in [9.17, 15) is 4.79 Å². The molecular weight excluding hydrogens is 188 g/mol. The molecule has 1 atom stereocenters. The highest BCUT2D eigenvalue weighted by molar-refractivity contribution is 5.82. The van der Waals surface area contributed by atoms with Gasteiger partial charge in [0.05, 0.1) is 6.04 Å². The van der Waals surface area contributed by atoms with Crippen molar-refractivity contribution < 1.29 is 4.79 Å². The quantitative estimate of drug-likeness (QED) is 0.650. The summed E-state index contributed by atoms with van der Waals surface area (Å²) in [5, 5.41) is 0. The lowest BCUT2D eigenvalue weighted by molar-refractivity contribution is -0.133. The van der Waals surface area contributed by atoms with Gasteiger partial charge in [-0.3, -0.25) is 4.79 Å². The number of hydrogen-bond donors (Lipinski definition) is 1. The molecule has 0 aromatic carbocycles. The zero-order valence-corrected chi connectivity index (χ0v) is 9.61. The van der Waals surface area contributed by atoms with Gasteiger partial charge in [0.15, 0.2) is 0 Å². The van der Waals surface area contributed by atoms with Gasteiger partial charge in [0, 0.05) is 12.6 Å². The zero-order valence-electron chi connectivity index (χ0n) is 9.61. The third kappa shape index (κ3) is 3.67. The molecule has 0 bridgehead atoms. The van der Waals surface area contributed by atoms with Gasteiger partial charge < -0.3 is 10.6 Å². The predicted octanol–water partition coefficient (Wildman–Crippen LogP) is 1.68. The molecule has 3 nitrogen and oxygen atoms in total. The molecule has 0 heterocycles. The highest BCUT2D eigenvalue weighted by Gasteiger charge is 2.33. The average Bonchev–Trinajstić information content (AvgIpc) is 3.02. The van der Waals surface area contributed by atoms with Gasteiger partial charge in [0.1, 0.15) is 0 Å². The zero-order chi connectivity index (χ0) is 11.3. The fourth-order valence-electron chi connectivity index (χ4n) is 1.68. The molecule has 1 aliphatic carbocycles. The van der Waals surface area contributed by atoms with Crippen molar-refractivity contribution in [3.8, 4) is 0 Å². The average molecular weight is 210 g/mol. The summed E-state index contributed by atoms with van der Waals surface area (Å²) in [6.45, 7) is 6.62. The third-order valence-electron chi connectivity index (χ3n) is 2.76. The van der Waals surface area contributed by atoms with Crippen LogP contribution in [0.2, 0.25) is 0 Å². The first-order valence-electron chi connectivity index (χ1n) is 5.87. The molecular formula is C12H22N2O. The van der Waals surface area contributed by atoms with Crippen molar-refractivity contribution in [1.29, 1.82) is 0 Å². The first-order valence-corrected chi connectivity index (χ1v) is 5.87. The largest absolute Gasteiger partial charge is 0.338 e. The summed E-state index contributed by atoms with van der Waals surface area (Å²) in [5.74, 6) is 0.103. The molecule has 1 fully saturated rings. The molecule has 0 aliphatic heterocycles. The van der Waals surface area contributed by atoms with Crippen LogP contribution in [0.5, 0.6) is 0 Å². The molecule has 1 aliphatic rings. The third-order valence-corrected chi connectivity index (χ3v) is 2.76. The van der Waals surface area contributed by atoms with Crippen LogP contribution in [0.15, 0.2) is 12.7 Å². The van der Waals surface area contributed by atoms with Gasteiger partial charge in [-0.05, 0) is 25.7 Å². The van der Waals surface area contributed by atoms with Crippen molar-refractivity contribution in [1.82, 2.24) is 4.90 Å². The van der Waals surface area contributed by atoms with Crippen molar-refractivity contribution in [2.75, 3.05) is 6.54 Å². The fourth-order valence-corrected chi connectivity index (χ4v) is 1.68. The Morgan fingerprint density at radius 2 is 2.33 bits per heavy atom. The molecule has 0 aromatic heterocycles. The van der Waals surface area contributed by atoms with E-state index in [2.05, 4.69) is 13.5 Å². The first-order chi connectivity index (χ1) is 7.20. The van der Waals surface area contributed by atoms with E-state index in [1.54, 1.807) is 6.08 Å². The van der Waals surface area contributed by atoms with E-state index < -0.39 is 0 Å². The van der Waals surface area contributed by atoms with Crippen LogP contribution in [0, 0.1) is 0 Å². The molecule has 86 valence electrons. The van der Waals surface area contributed by atoms with E-state index >= 15 is 0 Å². The predicted molar refractivity (Wildman–Crippen MR) is 62.4 cm³/mol. The van der Waals surface area contributed by atoms with Crippen molar-refractivity contribution in [3.63, 3.8) is 0 Å². The molecule has 3 heteroatoms. The first kappa shape index (κ1) is 12.2. The Hall–Kier alpha value is -0.830. The Kier molecular flexibility index (Phi) is 4.82. The maximum absolute atomic E-state index is 12.0. The van der Waals surface area contributed by atoms with Crippen LogP contribution in [0.3, 0.4) is 0 Å². The van der Waals surface area contributed by atoms with Crippen molar-refractivity contribution >= 4 is 5.91 Å². The number of carbonyl (C=O) groups is 1. The lowest BCUT2D eigenvalue weighted by Crippen LogP contribution is -2.45. The Morgan fingerprint density at radius 3 is 2.80 bits per heavy atom.